The number of halogens is 3. The van der Waals surface area contributed by atoms with Gasteiger partial charge in [-0.1, -0.05) is 119 Å². The maximum absolute atomic E-state index is 14.8. The van der Waals surface area contributed by atoms with E-state index in [1.165, 1.54) is 0 Å². The van der Waals surface area contributed by atoms with Gasteiger partial charge in [0, 0.05) is 49.2 Å². The predicted molar refractivity (Wildman–Crippen MR) is 241 cm³/mol. The monoisotopic (exact) mass is 776 g/mol. The minimum atomic E-state index is -4.50. The van der Waals surface area contributed by atoms with Gasteiger partial charge in [-0.3, -0.25) is 0 Å². The zero-order valence-corrected chi connectivity index (χ0v) is 33.2. The van der Waals surface area contributed by atoms with E-state index in [4.69, 9.17) is 0 Å². The summed E-state index contributed by atoms with van der Waals surface area (Å²) in [6, 6.07) is 51.0. The van der Waals surface area contributed by atoms with Gasteiger partial charge in [-0.05, 0) is 126 Å². The van der Waals surface area contributed by atoms with Gasteiger partial charge in [0.1, 0.15) is 0 Å². The molecule has 58 heavy (non-hydrogen) atoms. The summed E-state index contributed by atoms with van der Waals surface area (Å²) in [4.78, 5) is 4.69. The van der Waals surface area contributed by atoms with Crippen molar-refractivity contribution in [3.63, 3.8) is 0 Å². The molecule has 0 saturated heterocycles. The van der Waals surface area contributed by atoms with Gasteiger partial charge in [0.25, 0.3) is 6.71 Å². The summed E-state index contributed by atoms with van der Waals surface area (Å²) in [5.74, 6) is 0. The number of thioether (sulfide) groups is 1. The molecule has 0 amide bonds. The number of anilines is 6. The molecule has 2 nitrogen and oxygen atoms in total. The second kappa shape index (κ2) is 12.7. The predicted octanol–water partition coefficient (Wildman–Crippen LogP) is 13.2. The smallest absolute Gasteiger partial charge is 0.310 e. The molecule has 0 N–H and O–H groups in total. The molecule has 0 radical (unpaired) electrons. The van der Waals surface area contributed by atoms with Gasteiger partial charge in [0.2, 0.25) is 0 Å². The molecule has 9 aromatic carbocycles. The van der Waals surface area contributed by atoms with E-state index in [0.717, 1.165) is 116 Å². The van der Waals surface area contributed by atoms with Crippen LogP contribution in [0.2, 0.25) is 0 Å². The average molecular weight is 777 g/mol. The van der Waals surface area contributed by atoms with E-state index in [1.54, 1.807) is 12.1 Å². The van der Waals surface area contributed by atoms with Crippen molar-refractivity contribution in [2.75, 3.05) is 9.80 Å². The number of fused-ring (bicyclic) bond motifs is 10. The first kappa shape index (κ1) is 35.0. The molecule has 2 heterocycles. The van der Waals surface area contributed by atoms with Crippen molar-refractivity contribution < 1.29 is 13.2 Å². The number of nitrogens with zero attached hydrogens (tertiary/aromatic N) is 2. The molecule has 0 aliphatic carbocycles. The lowest BCUT2D eigenvalue weighted by molar-refractivity contribution is -0.0328. The van der Waals surface area contributed by atoms with Crippen molar-refractivity contribution in [3.8, 4) is 0 Å². The fraction of sp³-hybridized carbons (Fsp3) is 0.0980. The second-order valence-corrected chi connectivity index (χ2v) is 17.1. The summed E-state index contributed by atoms with van der Waals surface area (Å²) in [6.45, 7) is 8.11. The topological polar surface area (TPSA) is 6.48 Å². The Morgan fingerprint density at radius 3 is 1.22 bits per heavy atom. The van der Waals surface area contributed by atoms with E-state index in [1.807, 2.05) is 0 Å². The SMILES string of the molecule is Cc1ccc2cccc(N3c4cc(SC(F)(F)F)cc5c4B(c4ccc6ccc(C)cc6c43)c3ccc4ccc(C)cc4c3N5c3cccc4ccc(C)cc34)c2c1. The first-order valence-electron chi connectivity index (χ1n) is 19.6. The number of hydrogen-bond acceptors (Lipinski definition) is 3. The highest BCUT2D eigenvalue weighted by molar-refractivity contribution is 8.00. The lowest BCUT2D eigenvalue weighted by atomic mass is 9.33. The highest BCUT2D eigenvalue weighted by Crippen LogP contribution is 2.52. The van der Waals surface area contributed by atoms with E-state index in [0.29, 0.717) is 0 Å². The Hall–Kier alpha value is -6.18. The highest BCUT2D eigenvalue weighted by Gasteiger charge is 2.46. The van der Waals surface area contributed by atoms with Crippen LogP contribution in [0.3, 0.4) is 0 Å². The van der Waals surface area contributed by atoms with Crippen molar-refractivity contribution in [1.29, 1.82) is 0 Å². The van der Waals surface area contributed by atoms with E-state index in [-0.39, 0.29) is 23.4 Å². The van der Waals surface area contributed by atoms with Crippen LogP contribution in [0.1, 0.15) is 22.3 Å². The van der Waals surface area contributed by atoms with Gasteiger partial charge in [0.05, 0.1) is 11.4 Å². The summed E-state index contributed by atoms with van der Waals surface area (Å²) in [7, 11) is 0. The van der Waals surface area contributed by atoms with Crippen molar-refractivity contribution in [2.45, 2.75) is 38.1 Å². The fourth-order valence-electron chi connectivity index (χ4n) is 9.64. The molecular formula is C51H36BF3N2S. The number of aryl methyl sites for hydroxylation is 4. The standard InChI is InChI=1S/C51H36BF3N2S/c1-29-11-15-33-7-5-9-44(38(33)23-29)56-46-27-37(58-51(53,54)55)28-47-48(46)52(42-21-19-35-17-13-31(3)25-40(35)49(42)56)43-22-20-36-18-14-32(4)26-41(36)50(43)57(47)45-10-6-8-34-16-12-30(2)24-39(34)45/h5-28H,1-4H3. The zero-order valence-electron chi connectivity index (χ0n) is 32.4. The maximum Gasteiger partial charge on any atom is 0.446 e. The summed E-state index contributed by atoms with van der Waals surface area (Å²) in [5, 5.41) is 8.50. The van der Waals surface area contributed by atoms with Crippen molar-refractivity contribution in [1.82, 2.24) is 0 Å². The minimum Gasteiger partial charge on any atom is -0.310 e. The van der Waals surface area contributed by atoms with Gasteiger partial charge in [0.15, 0.2) is 0 Å². The average Bonchev–Trinajstić information content (AvgIpc) is 3.19. The van der Waals surface area contributed by atoms with Gasteiger partial charge in [-0.25, -0.2) is 0 Å². The third kappa shape index (κ3) is 5.36. The molecule has 0 atom stereocenters. The van der Waals surface area contributed by atoms with Crippen LogP contribution < -0.4 is 26.2 Å². The third-order valence-corrected chi connectivity index (χ3v) is 12.8. The van der Waals surface area contributed by atoms with Gasteiger partial charge >= 0.3 is 5.51 Å². The molecule has 7 heteroatoms. The molecule has 280 valence electrons. The van der Waals surface area contributed by atoms with Crippen molar-refractivity contribution >= 4 is 112 Å². The minimum absolute atomic E-state index is 0.0436. The van der Waals surface area contributed by atoms with Crippen LogP contribution in [0.4, 0.5) is 47.3 Å². The molecular weight excluding hydrogens is 740 g/mol. The van der Waals surface area contributed by atoms with Crippen LogP contribution in [-0.4, -0.2) is 12.2 Å². The first-order chi connectivity index (χ1) is 28.0. The molecule has 0 aromatic heterocycles. The van der Waals surface area contributed by atoms with Crippen molar-refractivity contribution in [2.24, 2.45) is 0 Å². The van der Waals surface area contributed by atoms with Crippen LogP contribution in [0.5, 0.6) is 0 Å². The van der Waals surface area contributed by atoms with E-state index < -0.39 is 5.51 Å². The zero-order chi connectivity index (χ0) is 39.6. The third-order valence-electron chi connectivity index (χ3n) is 12.1. The van der Waals surface area contributed by atoms with E-state index in [9.17, 15) is 13.2 Å². The quantitative estimate of drug-likeness (QED) is 0.130. The van der Waals surface area contributed by atoms with Gasteiger partial charge < -0.3 is 9.80 Å². The Kier molecular flexibility index (Phi) is 7.65. The summed E-state index contributed by atoms with van der Waals surface area (Å²) in [6.07, 6.45) is 0. The van der Waals surface area contributed by atoms with E-state index in [2.05, 4.69) is 171 Å². The van der Waals surface area contributed by atoms with Crippen LogP contribution in [0.25, 0.3) is 43.1 Å². The van der Waals surface area contributed by atoms with E-state index >= 15 is 0 Å². The Morgan fingerprint density at radius 2 is 0.810 bits per heavy atom. The fourth-order valence-corrected chi connectivity index (χ4v) is 10.2. The Bertz CT molecular complexity index is 3020. The maximum atomic E-state index is 14.8. The molecule has 2 aliphatic rings. The number of rotatable bonds is 3. The number of hydrogen-bond donors (Lipinski definition) is 0. The largest absolute Gasteiger partial charge is 0.446 e. The summed E-state index contributed by atoms with van der Waals surface area (Å²) < 4.78 is 44.3. The van der Waals surface area contributed by atoms with Gasteiger partial charge in [-0.15, -0.1) is 0 Å². The summed E-state index contributed by atoms with van der Waals surface area (Å²) in [5.41, 5.74) is 8.53. The second-order valence-electron chi connectivity index (χ2n) is 16.0. The van der Waals surface area contributed by atoms with Gasteiger partial charge in [-0.2, -0.15) is 13.2 Å². The Morgan fingerprint density at radius 1 is 0.431 bits per heavy atom. The van der Waals surface area contributed by atoms with Crippen LogP contribution in [-0.2, 0) is 0 Å². The first-order valence-corrected chi connectivity index (χ1v) is 20.4. The highest BCUT2D eigenvalue weighted by atomic mass is 32.2. The lowest BCUT2D eigenvalue weighted by Gasteiger charge is -2.45. The lowest BCUT2D eigenvalue weighted by Crippen LogP contribution is -2.61. The summed E-state index contributed by atoms with van der Waals surface area (Å²) >= 11 is -0.0436. The molecule has 0 fully saturated rings. The van der Waals surface area contributed by atoms with Crippen LogP contribution in [0, 0.1) is 27.7 Å². The number of benzene rings is 9. The van der Waals surface area contributed by atoms with Crippen LogP contribution >= 0.6 is 11.8 Å². The normalized spacial score (nSPS) is 13.4. The number of alkyl halides is 3. The van der Waals surface area contributed by atoms with Crippen molar-refractivity contribution in [3.05, 3.63) is 168 Å². The Labute approximate surface area is 339 Å². The Balaban J connectivity index is 1.35. The van der Waals surface area contributed by atoms with Crippen LogP contribution in [0.15, 0.2) is 150 Å². The molecule has 0 bridgehead atoms. The molecule has 0 spiro atoms. The molecule has 0 saturated carbocycles. The molecule has 0 unspecified atom stereocenters. The molecule has 11 rings (SSSR count). The molecule has 2 aliphatic heterocycles. The molecule has 9 aromatic rings.